The molecule has 2 aromatic carbocycles. The van der Waals surface area contributed by atoms with Gasteiger partial charge in [0.1, 0.15) is 6.10 Å². The number of para-hydroxylation sites is 1. The summed E-state index contributed by atoms with van der Waals surface area (Å²) in [5, 5.41) is 13.2. The van der Waals surface area contributed by atoms with Crippen molar-refractivity contribution in [2.75, 3.05) is 6.54 Å². The molecule has 0 spiro atoms. The van der Waals surface area contributed by atoms with Crippen LogP contribution in [0.25, 0.3) is 0 Å². The molecule has 2 unspecified atom stereocenters. The van der Waals surface area contributed by atoms with Gasteiger partial charge >= 0.3 is 0 Å². The maximum absolute atomic E-state index is 13.5. The SMILES string of the molecule is CC(CNC(=O)CC(C)(O)c1ccccc1)Oc1ccccc1F. The lowest BCUT2D eigenvalue weighted by Crippen LogP contribution is -2.37. The molecule has 0 saturated heterocycles. The van der Waals surface area contributed by atoms with E-state index in [2.05, 4.69) is 5.32 Å². The van der Waals surface area contributed by atoms with Crippen LogP contribution in [-0.4, -0.2) is 23.7 Å². The van der Waals surface area contributed by atoms with Crippen LogP contribution >= 0.6 is 0 Å². The maximum Gasteiger partial charge on any atom is 0.223 e. The maximum atomic E-state index is 13.5. The van der Waals surface area contributed by atoms with E-state index in [-0.39, 0.29) is 24.6 Å². The van der Waals surface area contributed by atoms with Crippen molar-refractivity contribution in [3.05, 3.63) is 66.0 Å². The zero-order valence-electron chi connectivity index (χ0n) is 13.8. The van der Waals surface area contributed by atoms with E-state index in [1.54, 1.807) is 38.1 Å². The van der Waals surface area contributed by atoms with E-state index in [4.69, 9.17) is 4.74 Å². The first-order valence-corrected chi connectivity index (χ1v) is 7.84. The summed E-state index contributed by atoms with van der Waals surface area (Å²) in [5.41, 5.74) is -0.572. The second-order valence-electron chi connectivity index (χ2n) is 5.98. The smallest absolute Gasteiger partial charge is 0.223 e. The van der Waals surface area contributed by atoms with Crippen molar-refractivity contribution in [3.63, 3.8) is 0 Å². The van der Waals surface area contributed by atoms with E-state index < -0.39 is 17.5 Å². The van der Waals surface area contributed by atoms with Gasteiger partial charge in [0.25, 0.3) is 0 Å². The summed E-state index contributed by atoms with van der Waals surface area (Å²) in [6.07, 6.45) is -0.462. The van der Waals surface area contributed by atoms with Crippen LogP contribution < -0.4 is 10.1 Å². The second-order valence-corrected chi connectivity index (χ2v) is 5.98. The molecule has 0 heterocycles. The van der Waals surface area contributed by atoms with Crippen molar-refractivity contribution < 1.29 is 19.0 Å². The predicted octanol–water partition coefficient (Wildman–Crippen LogP) is 3.01. The Kier molecular flexibility index (Phi) is 5.93. The number of benzene rings is 2. The number of rotatable bonds is 7. The first-order valence-electron chi connectivity index (χ1n) is 7.84. The van der Waals surface area contributed by atoms with Crippen LogP contribution in [0.3, 0.4) is 0 Å². The van der Waals surface area contributed by atoms with E-state index in [0.717, 1.165) is 0 Å². The lowest BCUT2D eigenvalue weighted by atomic mass is 9.92. The topological polar surface area (TPSA) is 58.6 Å². The molecule has 2 aromatic rings. The van der Waals surface area contributed by atoms with Gasteiger partial charge in [0.15, 0.2) is 11.6 Å². The standard InChI is InChI=1S/C19H22FNO3/c1-14(24-17-11-7-6-10-16(17)20)13-21-18(22)12-19(2,23)15-8-4-3-5-9-15/h3-11,14,23H,12-13H2,1-2H3,(H,21,22). The van der Waals surface area contributed by atoms with Crippen molar-refractivity contribution >= 4 is 5.91 Å². The number of aliphatic hydroxyl groups is 1. The van der Waals surface area contributed by atoms with Gasteiger partial charge in [-0.25, -0.2) is 4.39 Å². The van der Waals surface area contributed by atoms with Gasteiger partial charge in [-0.2, -0.15) is 0 Å². The summed E-state index contributed by atoms with van der Waals surface area (Å²) >= 11 is 0. The Labute approximate surface area is 141 Å². The highest BCUT2D eigenvalue weighted by Crippen LogP contribution is 2.24. The van der Waals surface area contributed by atoms with Crippen molar-refractivity contribution in [3.8, 4) is 5.75 Å². The van der Waals surface area contributed by atoms with Gasteiger partial charge in [-0.15, -0.1) is 0 Å². The van der Waals surface area contributed by atoms with E-state index in [9.17, 15) is 14.3 Å². The highest BCUT2D eigenvalue weighted by atomic mass is 19.1. The van der Waals surface area contributed by atoms with Crippen molar-refractivity contribution in [1.82, 2.24) is 5.32 Å². The monoisotopic (exact) mass is 331 g/mol. The van der Waals surface area contributed by atoms with Crippen LogP contribution in [0.4, 0.5) is 4.39 Å². The molecule has 5 heteroatoms. The largest absolute Gasteiger partial charge is 0.486 e. The third-order valence-corrected chi connectivity index (χ3v) is 3.65. The predicted molar refractivity (Wildman–Crippen MR) is 90.1 cm³/mol. The zero-order valence-corrected chi connectivity index (χ0v) is 13.8. The van der Waals surface area contributed by atoms with Gasteiger partial charge in [0, 0.05) is 0 Å². The molecule has 1 amide bonds. The number of hydrogen-bond donors (Lipinski definition) is 2. The van der Waals surface area contributed by atoms with Crippen molar-refractivity contribution in [1.29, 1.82) is 0 Å². The number of halogens is 1. The van der Waals surface area contributed by atoms with Gasteiger partial charge in [-0.05, 0) is 31.5 Å². The summed E-state index contributed by atoms with van der Waals surface area (Å²) in [6, 6.07) is 15.1. The van der Waals surface area contributed by atoms with Gasteiger partial charge in [0.05, 0.1) is 18.6 Å². The molecular weight excluding hydrogens is 309 g/mol. The second kappa shape index (κ2) is 7.93. The molecule has 128 valence electrons. The minimum atomic E-state index is -1.25. The molecular formula is C19H22FNO3. The highest BCUT2D eigenvalue weighted by Gasteiger charge is 2.26. The molecule has 0 aliphatic rings. The minimum absolute atomic E-state index is 0.0660. The number of hydrogen-bond acceptors (Lipinski definition) is 3. The number of carbonyl (C=O) groups is 1. The molecule has 0 aliphatic carbocycles. The van der Waals surface area contributed by atoms with Gasteiger partial charge in [-0.1, -0.05) is 42.5 Å². The van der Waals surface area contributed by atoms with Gasteiger partial charge in [0.2, 0.25) is 5.91 Å². The number of amides is 1. The van der Waals surface area contributed by atoms with Crippen LogP contribution in [0.1, 0.15) is 25.8 Å². The van der Waals surface area contributed by atoms with E-state index >= 15 is 0 Å². The third-order valence-electron chi connectivity index (χ3n) is 3.65. The lowest BCUT2D eigenvalue weighted by Gasteiger charge is -2.24. The summed E-state index contributed by atoms with van der Waals surface area (Å²) in [6.45, 7) is 3.56. The van der Waals surface area contributed by atoms with E-state index in [0.29, 0.717) is 5.56 Å². The number of nitrogens with one attached hydrogen (secondary N) is 1. The molecule has 0 radical (unpaired) electrons. The number of ether oxygens (including phenoxy) is 1. The molecule has 0 bridgehead atoms. The molecule has 0 aliphatic heterocycles. The molecule has 0 aromatic heterocycles. The molecule has 24 heavy (non-hydrogen) atoms. The fraction of sp³-hybridized carbons (Fsp3) is 0.316. The highest BCUT2D eigenvalue weighted by molar-refractivity contribution is 5.77. The molecule has 2 rings (SSSR count). The van der Waals surface area contributed by atoms with Crippen LogP contribution in [0.2, 0.25) is 0 Å². The average Bonchev–Trinajstić information content (AvgIpc) is 2.56. The normalized spacial score (nSPS) is 14.5. The van der Waals surface area contributed by atoms with E-state index in [1.807, 2.05) is 18.2 Å². The van der Waals surface area contributed by atoms with Crippen LogP contribution in [0.15, 0.2) is 54.6 Å². The summed E-state index contributed by atoms with van der Waals surface area (Å²) in [7, 11) is 0. The van der Waals surface area contributed by atoms with Crippen molar-refractivity contribution in [2.45, 2.75) is 32.0 Å². The number of carbonyl (C=O) groups excluding carboxylic acids is 1. The first-order chi connectivity index (χ1) is 11.4. The molecule has 2 atom stereocenters. The minimum Gasteiger partial charge on any atom is -0.486 e. The summed E-state index contributed by atoms with van der Waals surface area (Å²) in [4.78, 5) is 12.1. The average molecular weight is 331 g/mol. The Bertz CT molecular complexity index is 673. The van der Waals surface area contributed by atoms with E-state index in [1.165, 1.54) is 12.1 Å². The quantitative estimate of drug-likeness (QED) is 0.820. The fourth-order valence-electron chi connectivity index (χ4n) is 2.33. The van der Waals surface area contributed by atoms with Crippen molar-refractivity contribution in [2.24, 2.45) is 0 Å². The van der Waals surface area contributed by atoms with Crippen LogP contribution in [0.5, 0.6) is 5.75 Å². The third kappa shape index (κ3) is 5.06. The zero-order chi connectivity index (χ0) is 17.6. The molecule has 4 nitrogen and oxygen atoms in total. The van der Waals surface area contributed by atoms with Gasteiger partial charge < -0.3 is 15.2 Å². The molecule has 2 N–H and O–H groups in total. The Hall–Kier alpha value is -2.40. The Morgan fingerprint density at radius 1 is 1.21 bits per heavy atom. The fourth-order valence-corrected chi connectivity index (χ4v) is 2.33. The van der Waals surface area contributed by atoms with Gasteiger partial charge in [-0.3, -0.25) is 4.79 Å². The summed E-state index contributed by atoms with van der Waals surface area (Å²) < 4.78 is 19.0. The first kappa shape index (κ1) is 17.9. The molecule has 0 fully saturated rings. The Morgan fingerprint density at radius 2 is 1.83 bits per heavy atom. The Morgan fingerprint density at radius 3 is 2.50 bits per heavy atom. The van der Waals surface area contributed by atoms with Crippen LogP contribution in [0, 0.1) is 5.82 Å². The lowest BCUT2D eigenvalue weighted by molar-refractivity contribution is -0.126. The molecule has 0 saturated carbocycles. The Balaban J connectivity index is 1.83. The summed E-state index contributed by atoms with van der Waals surface area (Å²) in [5.74, 6) is -0.592. The van der Waals surface area contributed by atoms with Crippen LogP contribution in [-0.2, 0) is 10.4 Å².